The summed E-state index contributed by atoms with van der Waals surface area (Å²) in [6.07, 6.45) is 1.13. The summed E-state index contributed by atoms with van der Waals surface area (Å²) in [4.78, 5) is 27.8. The van der Waals surface area contributed by atoms with Gasteiger partial charge < -0.3 is 0 Å². The van der Waals surface area contributed by atoms with Gasteiger partial charge in [-0.1, -0.05) is 54.0 Å². The Kier molecular flexibility index (Phi) is 4.74. The highest BCUT2D eigenvalue weighted by molar-refractivity contribution is 9.10. The van der Waals surface area contributed by atoms with E-state index in [1.165, 1.54) is 11.0 Å². The Morgan fingerprint density at radius 3 is 2.54 bits per heavy atom. The van der Waals surface area contributed by atoms with Crippen LogP contribution in [0.1, 0.15) is 44.6 Å². The van der Waals surface area contributed by atoms with Gasteiger partial charge in [-0.2, -0.15) is 0 Å². The molecule has 2 aromatic rings. The molecule has 1 aliphatic heterocycles. The van der Waals surface area contributed by atoms with Crippen LogP contribution in [-0.2, 0) is 9.59 Å². The summed E-state index contributed by atoms with van der Waals surface area (Å²) in [5.74, 6) is -0.893. The van der Waals surface area contributed by atoms with Crippen LogP contribution >= 0.6 is 15.9 Å². The number of nitrogens with zero attached hydrogens (tertiary/aromatic N) is 1. The Morgan fingerprint density at radius 2 is 1.82 bits per heavy atom. The number of hydrogen-bond acceptors (Lipinski definition) is 2. The van der Waals surface area contributed by atoms with Crippen LogP contribution in [-0.4, -0.2) is 11.7 Å². The van der Waals surface area contributed by atoms with Crippen LogP contribution in [0.2, 0.25) is 0 Å². The van der Waals surface area contributed by atoms with Crippen molar-refractivity contribution < 1.29 is 14.0 Å². The number of amides is 1. The molecule has 0 radical (unpaired) electrons. The van der Waals surface area contributed by atoms with Crippen molar-refractivity contribution >= 4 is 33.3 Å². The molecule has 0 N–H and O–H groups in total. The molecule has 0 aromatic heterocycles. The van der Waals surface area contributed by atoms with Crippen LogP contribution in [0.3, 0.4) is 0 Å². The first-order valence-corrected chi connectivity index (χ1v) is 10.2. The number of carbonyl (C=O) groups excluding carboxylic acids is 2. The highest BCUT2D eigenvalue weighted by atomic mass is 79.9. The van der Waals surface area contributed by atoms with E-state index in [9.17, 15) is 14.0 Å². The highest BCUT2D eigenvalue weighted by Crippen LogP contribution is 2.48. The molecule has 144 valence electrons. The summed E-state index contributed by atoms with van der Waals surface area (Å²) in [7, 11) is 0. The monoisotopic (exact) mass is 441 g/mol. The smallest absolute Gasteiger partial charge is 0.232 e. The maximum absolute atomic E-state index is 14.6. The maximum atomic E-state index is 14.6. The van der Waals surface area contributed by atoms with Crippen LogP contribution < -0.4 is 4.90 Å². The van der Waals surface area contributed by atoms with Gasteiger partial charge in [-0.15, -0.1) is 0 Å². The summed E-state index contributed by atoms with van der Waals surface area (Å²) in [6.45, 7) is 4.03. The van der Waals surface area contributed by atoms with E-state index in [4.69, 9.17) is 0 Å². The Balaban J connectivity index is 1.93. The van der Waals surface area contributed by atoms with Gasteiger partial charge in [0.25, 0.3) is 0 Å². The average molecular weight is 442 g/mol. The lowest BCUT2D eigenvalue weighted by molar-refractivity contribution is -0.121. The van der Waals surface area contributed by atoms with Gasteiger partial charge in [0.1, 0.15) is 5.82 Å². The number of halogens is 2. The number of allylic oxidation sites excluding steroid dienone is 2. The molecule has 1 atom stereocenters. The number of hydrogen-bond donors (Lipinski definition) is 0. The molecule has 2 aliphatic rings. The maximum Gasteiger partial charge on any atom is 0.232 e. The highest BCUT2D eigenvalue weighted by Gasteiger charge is 2.44. The minimum absolute atomic E-state index is 0.0464. The second-order valence-corrected chi connectivity index (χ2v) is 9.21. The molecule has 28 heavy (non-hydrogen) atoms. The minimum Gasteiger partial charge on any atom is -0.294 e. The van der Waals surface area contributed by atoms with Crippen molar-refractivity contribution in [2.75, 3.05) is 4.90 Å². The van der Waals surface area contributed by atoms with Crippen molar-refractivity contribution in [1.82, 2.24) is 0 Å². The van der Waals surface area contributed by atoms with Crippen molar-refractivity contribution in [3.8, 4) is 0 Å². The average Bonchev–Trinajstić information content (AvgIpc) is 2.61. The van der Waals surface area contributed by atoms with Crippen molar-refractivity contribution in [2.24, 2.45) is 5.41 Å². The fourth-order valence-corrected chi connectivity index (χ4v) is 4.75. The second-order valence-electron chi connectivity index (χ2n) is 8.29. The van der Waals surface area contributed by atoms with Gasteiger partial charge in [-0.05, 0) is 41.7 Å². The molecule has 1 aliphatic carbocycles. The largest absolute Gasteiger partial charge is 0.294 e. The molecule has 0 fully saturated rings. The van der Waals surface area contributed by atoms with Gasteiger partial charge in [0.15, 0.2) is 5.78 Å². The fraction of sp³-hybridized carbons (Fsp3) is 0.304. The first-order chi connectivity index (χ1) is 13.3. The Bertz CT molecular complexity index is 1010. The first-order valence-electron chi connectivity index (χ1n) is 9.36. The molecule has 0 saturated heterocycles. The van der Waals surface area contributed by atoms with Crippen LogP contribution in [0.15, 0.2) is 64.3 Å². The third kappa shape index (κ3) is 3.32. The number of Topliss-reactive ketones (excluding diaryl/α,β-unsaturated/α-hetero) is 1. The zero-order valence-corrected chi connectivity index (χ0v) is 17.4. The number of rotatable bonds is 2. The molecule has 0 saturated carbocycles. The molecular formula is C23H21BrFNO2. The third-order valence-electron chi connectivity index (χ3n) is 5.49. The van der Waals surface area contributed by atoms with Crippen molar-refractivity contribution in [3.05, 3.63) is 75.7 Å². The molecule has 1 unspecified atom stereocenters. The second kappa shape index (κ2) is 6.96. The molecular weight excluding hydrogens is 421 g/mol. The zero-order chi connectivity index (χ0) is 20.1. The summed E-state index contributed by atoms with van der Waals surface area (Å²) < 4.78 is 15.5. The van der Waals surface area contributed by atoms with Gasteiger partial charge in [0, 0.05) is 34.5 Å². The van der Waals surface area contributed by atoms with E-state index in [1.807, 2.05) is 38.1 Å². The minimum atomic E-state index is -0.459. The topological polar surface area (TPSA) is 37.4 Å². The van der Waals surface area contributed by atoms with Gasteiger partial charge in [0.2, 0.25) is 5.91 Å². The Morgan fingerprint density at radius 1 is 1.07 bits per heavy atom. The number of anilines is 1. The summed E-state index contributed by atoms with van der Waals surface area (Å²) >= 11 is 3.48. The molecule has 0 bridgehead atoms. The number of para-hydroxylation sites is 1. The summed E-state index contributed by atoms with van der Waals surface area (Å²) in [5.41, 5.74) is 2.17. The molecule has 2 aromatic carbocycles. The number of benzene rings is 2. The number of carbonyl (C=O) groups is 2. The normalized spacial score (nSPS) is 21.7. The van der Waals surface area contributed by atoms with E-state index in [1.54, 1.807) is 18.2 Å². The van der Waals surface area contributed by atoms with Crippen molar-refractivity contribution in [3.63, 3.8) is 0 Å². The lowest BCUT2D eigenvalue weighted by Gasteiger charge is -2.43. The predicted molar refractivity (Wildman–Crippen MR) is 110 cm³/mol. The molecule has 3 nitrogen and oxygen atoms in total. The van der Waals surface area contributed by atoms with Gasteiger partial charge in [0.05, 0.1) is 5.69 Å². The number of ketones is 1. The van der Waals surface area contributed by atoms with E-state index in [-0.39, 0.29) is 35.1 Å². The third-order valence-corrected chi connectivity index (χ3v) is 5.98. The van der Waals surface area contributed by atoms with E-state index in [2.05, 4.69) is 15.9 Å². The van der Waals surface area contributed by atoms with Crippen LogP contribution in [0.4, 0.5) is 10.1 Å². The van der Waals surface area contributed by atoms with Crippen LogP contribution in [0, 0.1) is 11.2 Å². The zero-order valence-electron chi connectivity index (χ0n) is 15.8. The first kappa shape index (κ1) is 19.1. The molecule has 1 amide bonds. The quantitative estimate of drug-likeness (QED) is 0.594. The molecule has 4 rings (SSSR count). The summed E-state index contributed by atoms with van der Waals surface area (Å²) in [6, 6.07) is 14.0. The Labute approximate surface area is 172 Å². The van der Waals surface area contributed by atoms with E-state index in [0.717, 1.165) is 10.0 Å². The molecule has 0 spiro atoms. The summed E-state index contributed by atoms with van der Waals surface area (Å²) in [5, 5.41) is 0. The lowest BCUT2D eigenvalue weighted by Crippen LogP contribution is -2.44. The van der Waals surface area contributed by atoms with Gasteiger partial charge >= 0.3 is 0 Å². The van der Waals surface area contributed by atoms with Crippen molar-refractivity contribution in [1.29, 1.82) is 0 Å². The fourth-order valence-electron chi connectivity index (χ4n) is 4.34. The standard InChI is InChI=1S/C23H21BrFNO2/c1-23(2)12-19-22(20(27)13-23)16(14-6-5-7-15(24)10-14)11-21(28)26(19)18-9-4-3-8-17(18)25/h3-10,16H,11-13H2,1-2H3. The van der Waals surface area contributed by atoms with Crippen LogP contribution in [0.5, 0.6) is 0 Å². The van der Waals surface area contributed by atoms with Crippen LogP contribution in [0.25, 0.3) is 0 Å². The van der Waals surface area contributed by atoms with Crippen molar-refractivity contribution in [2.45, 2.75) is 39.0 Å². The Hall–Kier alpha value is -2.27. The van der Waals surface area contributed by atoms with E-state index < -0.39 is 5.82 Å². The van der Waals surface area contributed by atoms with Gasteiger partial charge in [-0.25, -0.2) is 4.39 Å². The van der Waals surface area contributed by atoms with Gasteiger partial charge in [-0.3, -0.25) is 14.5 Å². The molecule has 1 heterocycles. The molecule has 5 heteroatoms. The lowest BCUT2D eigenvalue weighted by atomic mass is 9.69. The van der Waals surface area contributed by atoms with E-state index >= 15 is 0 Å². The predicted octanol–water partition coefficient (Wildman–Crippen LogP) is 5.75. The SMILES string of the molecule is CC1(C)CC(=O)C2=C(C1)N(c1ccccc1F)C(=O)CC2c1cccc(Br)c1. The van der Waals surface area contributed by atoms with E-state index in [0.29, 0.717) is 24.1 Å².